The number of rotatable bonds is 2. The van der Waals surface area contributed by atoms with Crippen LogP contribution >= 0.6 is 31.9 Å². The number of hydrogen-bond donors (Lipinski definition) is 1. The van der Waals surface area contributed by atoms with Crippen LogP contribution in [-0.4, -0.2) is 4.98 Å². The second-order valence-electron chi connectivity index (χ2n) is 4.59. The van der Waals surface area contributed by atoms with Gasteiger partial charge >= 0.3 is 0 Å². The van der Waals surface area contributed by atoms with Gasteiger partial charge in [-0.1, -0.05) is 28.1 Å². The molecular formula is C16H12Br2N2. The molecule has 0 atom stereocenters. The number of fused-ring (bicyclic) bond motifs is 1. The first-order chi connectivity index (χ1) is 9.61. The molecule has 100 valence electrons. The Morgan fingerprint density at radius 3 is 2.45 bits per heavy atom. The zero-order valence-corrected chi connectivity index (χ0v) is 14.0. The van der Waals surface area contributed by atoms with Gasteiger partial charge in [0.2, 0.25) is 0 Å². The van der Waals surface area contributed by atoms with Gasteiger partial charge in [0.15, 0.2) is 0 Å². The Morgan fingerprint density at radius 1 is 0.900 bits per heavy atom. The van der Waals surface area contributed by atoms with Crippen molar-refractivity contribution in [1.82, 2.24) is 4.98 Å². The average Bonchev–Trinajstić information content (AvgIpc) is 2.43. The van der Waals surface area contributed by atoms with Crippen molar-refractivity contribution in [2.24, 2.45) is 0 Å². The Balaban J connectivity index is 1.94. The average molecular weight is 392 g/mol. The highest BCUT2D eigenvalue weighted by molar-refractivity contribution is 9.10. The predicted octanol–water partition coefficient (Wildman–Crippen LogP) is 5.81. The molecule has 0 saturated carbocycles. The molecule has 0 aliphatic heterocycles. The largest absolute Gasteiger partial charge is 0.340 e. The van der Waals surface area contributed by atoms with Gasteiger partial charge in [-0.05, 0) is 70.0 Å². The molecule has 3 aromatic rings. The lowest BCUT2D eigenvalue weighted by atomic mass is 10.1. The number of halogens is 2. The predicted molar refractivity (Wildman–Crippen MR) is 91.6 cm³/mol. The lowest BCUT2D eigenvalue weighted by Crippen LogP contribution is -1.95. The van der Waals surface area contributed by atoms with Crippen LogP contribution in [0.25, 0.3) is 10.8 Å². The smallest absolute Gasteiger partial charge is 0.130 e. The maximum absolute atomic E-state index is 4.50. The van der Waals surface area contributed by atoms with Crippen molar-refractivity contribution in [3.63, 3.8) is 0 Å². The van der Waals surface area contributed by atoms with Crippen LogP contribution in [0, 0.1) is 6.92 Å². The second-order valence-corrected chi connectivity index (χ2v) is 6.36. The Kier molecular flexibility index (Phi) is 3.76. The molecule has 20 heavy (non-hydrogen) atoms. The lowest BCUT2D eigenvalue weighted by molar-refractivity contribution is 1.18. The van der Waals surface area contributed by atoms with Gasteiger partial charge in [-0.25, -0.2) is 4.98 Å². The summed E-state index contributed by atoms with van der Waals surface area (Å²) in [5, 5.41) is 5.75. The fourth-order valence-electron chi connectivity index (χ4n) is 2.06. The molecule has 0 saturated heterocycles. The van der Waals surface area contributed by atoms with Crippen molar-refractivity contribution in [2.75, 3.05) is 5.32 Å². The highest BCUT2D eigenvalue weighted by atomic mass is 79.9. The van der Waals surface area contributed by atoms with Crippen molar-refractivity contribution in [1.29, 1.82) is 0 Å². The molecule has 1 aromatic heterocycles. The van der Waals surface area contributed by atoms with Gasteiger partial charge in [0, 0.05) is 14.6 Å². The quantitative estimate of drug-likeness (QED) is 0.595. The zero-order chi connectivity index (χ0) is 14.1. The number of nitrogens with one attached hydrogen (secondary N) is 1. The number of nitrogens with zero attached hydrogens (tertiary/aromatic N) is 1. The Hall–Kier alpha value is -1.39. The summed E-state index contributed by atoms with van der Waals surface area (Å²) in [7, 11) is 0. The topological polar surface area (TPSA) is 24.9 Å². The molecule has 4 heteroatoms. The SMILES string of the molecule is Cc1nc(Nc2ccc3cc(Br)ccc3c2)ccc1Br. The van der Waals surface area contributed by atoms with E-state index >= 15 is 0 Å². The van der Waals surface area contributed by atoms with Crippen LogP contribution in [0.5, 0.6) is 0 Å². The van der Waals surface area contributed by atoms with Crippen LogP contribution in [0.2, 0.25) is 0 Å². The first-order valence-corrected chi connectivity index (χ1v) is 7.80. The molecule has 2 nitrogen and oxygen atoms in total. The highest BCUT2D eigenvalue weighted by Crippen LogP contribution is 2.25. The van der Waals surface area contributed by atoms with Gasteiger partial charge < -0.3 is 5.32 Å². The van der Waals surface area contributed by atoms with E-state index in [4.69, 9.17) is 0 Å². The number of pyridine rings is 1. The molecule has 0 radical (unpaired) electrons. The molecule has 0 bridgehead atoms. The summed E-state index contributed by atoms with van der Waals surface area (Å²) in [6.45, 7) is 1.98. The third-order valence-electron chi connectivity index (χ3n) is 3.10. The fraction of sp³-hybridized carbons (Fsp3) is 0.0625. The molecular weight excluding hydrogens is 380 g/mol. The van der Waals surface area contributed by atoms with Gasteiger partial charge in [0.05, 0.1) is 5.69 Å². The summed E-state index contributed by atoms with van der Waals surface area (Å²) in [6.07, 6.45) is 0. The molecule has 1 N–H and O–H groups in total. The number of anilines is 2. The third kappa shape index (κ3) is 2.86. The van der Waals surface area contributed by atoms with Crippen molar-refractivity contribution >= 4 is 54.1 Å². The lowest BCUT2D eigenvalue weighted by Gasteiger charge is -2.08. The summed E-state index contributed by atoms with van der Waals surface area (Å²) >= 11 is 6.95. The van der Waals surface area contributed by atoms with Gasteiger partial charge in [0.25, 0.3) is 0 Å². The van der Waals surface area contributed by atoms with Crippen LogP contribution in [0.1, 0.15) is 5.69 Å². The minimum absolute atomic E-state index is 0.849. The number of aryl methyl sites for hydroxylation is 1. The van der Waals surface area contributed by atoms with Crippen molar-refractivity contribution in [2.45, 2.75) is 6.92 Å². The van der Waals surface area contributed by atoms with E-state index < -0.39 is 0 Å². The number of aromatic nitrogens is 1. The fourth-order valence-corrected chi connectivity index (χ4v) is 2.66. The molecule has 0 amide bonds. The van der Waals surface area contributed by atoms with Crippen LogP contribution in [0.15, 0.2) is 57.5 Å². The standard InChI is InChI=1S/C16H12Br2N2/c1-10-15(18)6-7-16(19-10)20-14-5-3-11-8-13(17)4-2-12(11)9-14/h2-9H,1H3,(H,19,20). The summed E-state index contributed by atoms with van der Waals surface area (Å²) < 4.78 is 2.11. The molecule has 2 aromatic carbocycles. The Bertz CT molecular complexity index is 785. The monoisotopic (exact) mass is 390 g/mol. The summed E-state index contributed by atoms with van der Waals surface area (Å²) in [5.41, 5.74) is 2.01. The number of benzene rings is 2. The van der Waals surface area contributed by atoms with Gasteiger partial charge in [-0.3, -0.25) is 0 Å². The highest BCUT2D eigenvalue weighted by Gasteiger charge is 2.01. The molecule has 1 heterocycles. The van der Waals surface area contributed by atoms with E-state index in [2.05, 4.69) is 72.5 Å². The van der Waals surface area contributed by atoms with E-state index in [-0.39, 0.29) is 0 Å². The molecule has 3 rings (SSSR count). The first-order valence-electron chi connectivity index (χ1n) is 6.21. The maximum atomic E-state index is 4.50. The van der Waals surface area contributed by atoms with Crippen LogP contribution in [-0.2, 0) is 0 Å². The normalized spacial score (nSPS) is 10.8. The minimum atomic E-state index is 0.849. The molecule has 0 fully saturated rings. The van der Waals surface area contributed by atoms with Crippen LogP contribution < -0.4 is 5.32 Å². The van der Waals surface area contributed by atoms with E-state index in [0.717, 1.165) is 26.1 Å². The Labute approximate surface area is 134 Å². The van der Waals surface area contributed by atoms with E-state index in [1.54, 1.807) is 0 Å². The summed E-state index contributed by atoms with van der Waals surface area (Å²) in [6, 6.07) is 16.5. The Morgan fingerprint density at radius 2 is 1.65 bits per heavy atom. The van der Waals surface area contributed by atoms with E-state index in [0.29, 0.717) is 0 Å². The number of hydrogen-bond acceptors (Lipinski definition) is 2. The van der Waals surface area contributed by atoms with Crippen molar-refractivity contribution in [3.05, 3.63) is 63.2 Å². The third-order valence-corrected chi connectivity index (χ3v) is 4.43. The van der Waals surface area contributed by atoms with Crippen LogP contribution in [0.3, 0.4) is 0 Å². The molecule has 0 aliphatic rings. The van der Waals surface area contributed by atoms with Gasteiger partial charge in [-0.2, -0.15) is 0 Å². The summed E-state index contributed by atoms with van der Waals surface area (Å²) in [5.74, 6) is 0.849. The summed E-state index contributed by atoms with van der Waals surface area (Å²) in [4.78, 5) is 4.50. The van der Waals surface area contributed by atoms with E-state index in [9.17, 15) is 0 Å². The maximum Gasteiger partial charge on any atom is 0.130 e. The molecule has 0 unspecified atom stereocenters. The van der Waals surface area contributed by atoms with Crippen molar-refractivity contribution < 1.29 is 0 Å². The van der Waals surface area contributed by atoms with Crippen LogP contribution in [0.4, 0.5) is 11.5 Å². The second kappa shape index (κ2) is 5.54. The van der Waals surface area contributed by atoms with E-state index in [1.165, 1.54) is 10.8 Å². The van der Waals surface area contributed by atoms with Crippen molar-refractivity contribution in [3.8, 4) is 0 Å². The minimum Gasteiger partial charge on any atom is -0.340 e. The molecule has 0 aliphatic carbocycles. The zero-order valence-electron chi connectivity index (χ0n) is 10.8. The first kappa shape index (κ1) is 13.6. The van der Waals surface area contributed by atoms with Gasteiger partial charge in [-0.15, -0.1) is 0 Å². The molecule has 0 spiro atoms. The van der Waals surface area contributed by atoms with Gasteiger partial charge in [0.1, 0.15) is 5.82 Å². The van der Waals surface area contributed by atoms with E-state index in [1.807, 2.05) is 25.1 Å².